The zero-order valence-corrected chi connectivity index (χ0v) is 9.80. The monoisotopic (exact) mass is 242 g/mol. The van der Waals surface area contributed by atoms with Crippen LogP contribution in [0.1, 0.15) is 5.56 Å². The van der Waals surface area contributed by atoms with Gasteiger partial charge in [0, 0.05) is 38.3 Å². The number of nitrogens with one attached hydrogen (secondary N) is 1. The molecule has 17 heavy (non-hydrogen) atoms. The van der Waals surface area contributed by atoms with Gasteiger partial charge >= 0.3 is 0 Å². The molecule has 0 aromatic heterocycles. The van der Waals surface area contributed by atoms with Gasteiger partial charge in [0.25, 0.3) is 0 Å². The minimum atomic E-state index is -0.592. The standard InChI is InChI=1S/C12H16F2N2O/c1-17-11-3-2-10(13)9(12(11)14)8-16-6-4-15-5-7-16/h2-3,15H,4-8H2,1H3. The molecule has 1 heterocycles. The molecule has 1 aliphatic rings. The largest absolute Gasteiger partial charge is 0.494 e. The summed E-state index contributed by atoms with van der Waals surface area (Å²) in [6, 6.07) is 2.56. The fraction of sp³-hybridized carbons (Fsp3) is 0.500. The van der Waals surface area contributed by atoms with Crippen molar-refractivity contribution in [3.05, 3.63) is 29.3 Å². The summed E-state index contributed by atoms with van der Waals surface area (Å²) < 4.78 is 32.3. The number of rotatable bonds is 3. The molecule has 1 aromatic carbocycles. The first-order chi connectivity index (χ1) is 8.22. The molecule has 2 rings (SSSR count). The van der Waals surface area contributed by atoms with E-state index in [1.165, 1.54) is 19.2 Å². The van der Waals surface area contributed by atoms with Crippen LogP contribution in [0, 0.1) is 11.6 Å². The predicted octanol–water partition coefficient (Wildman–Crippen LogP) is 1.38. The maximum absolute atomic E-state index is 13.9. The van der Waals surface area contributed by atoms with Crippen molar-refractivity contribution in [2.24, 2.45) is 0 Å². The number of hydrogen-bond acceptors (Lipinski definition) is 3. The van der Waals surface area contributed by atoms with Crippen LogP contribution >= 0.6 is 0 Å². The molecule has 1 aromatic rings. The molecule has 0 bridgehead atoms. The average molecular weight is 242 g/mol. The highest BCUT2D eigenvalue weighted by Gasteiger charge is 2.18. The summed E-state index contributed by atoms with van der Waals surface area (Å²) in [5.41, 5.74) is 0.0891. The third kappa shape index (κ3) is 2.73. The van der Waals surface area contributed by atoms with Crippen molar-refractivity contribution in [1.29, 1.82) is 0 Å². The lowest BCUT2D eigenvalue weighted by atomic mass is 10.1. The number of benzene rings is 1. The van der Waals surface area contributed by atoms with Gasteiger partial charge in [0.15, 0.2) is 11.6 Å². The van der Waals surface area contributed by atoms with E-state index >= 15 is 0 Å². The van der Waals surface area contributed by atoms with E-state index in [1.807, 2.05) is 4.90 Å². The highest BCUT2D eigenvalue weighted by Crippen LogP contribution is 2.24. The molecule has 0 unspecified atom stereocenters. The van der Waals surface area contributed by atoms with Crippen LogP contribution in [0.3, 0.4) is 0 Å². The van der Waals surface area contributed by atoms with E-state index in [0.717, 1.165) is 26.2 Å². The van der Waals surface area contributed by atoms with Gasteiger partial charge in [-0.05, 0) is 12.1 Å². The molecule has 1 saturated heterocycles. The van der Waals surface area contributed by atoms with Gasteiger partial charge < -0.3 is 10.1 Å². The maximum atomic E-state index is 13.9. The third-order valence-corrected chi connectivity index (χ3v) is 2.96. The Morgan fingerprint density at radius 2 is 2.00 bits per heavy atom. The number of ether oxygens (including phenoxy) is 1. The SMILES string of the molecule is COc1ccc(F)c(CN2CCNCC2)c1F. The Morgan fingerprint density at radius 3 is 2.65 bits per heavy atom. The highest BCUT2D eigenvalue weighted by molar-refractivity contribution is 5.32. The Bertz CT molecular complexity index is 392. The van der Waals surface area contributed by atoms with Crippen molar-refractivity contribution in [2.75, 3.05) is 33.3 Å². The van der Waals surface area contributed by atoms with Crippen LogP contribution in [-0.2, 0) is 6.54 Å². The van der Waals surface area contributed by atoms with E-state index in [4.69, 9.17) is 4.74 Å². The number of nitrogens with zero attached hydrogens (tertiary/aromatic N) is 1. The first-order valence-electron chi connectivity index (χ1n) is 5.66. The smallest absolute Gasteiger partial charge is 0.172 e. The molecular formula is C12H16F2N2O. The summed E-state index contributed by atoms with van der Waals surface area (Å²) in [4.78, 5) is 2.03. The lowest BCUT2D eigenvalue weighted by Gasteiger charge is -2.27. The Kier molecular flexibility index (Phi) is 3.91. The molecule has 0 atom stereocenters. The zero-order chi connectivity index (χ0) is 12.3. The minimum Gasteiger partial charge on any atom is -0.494 e. The van der Waals surface area contributed by atoms with Crippen molar-refractivity contribution in [3.63, 3.8) is 0 Å². The van der Waals surface area contributed by atoms with Gasteiger partial charge in [-0.3, -0.25) is 4.90 Å². The van der Waals surface area contributed by atoms with Crippen LogP contribution in [0.15, 0.2) is 12.1 Å². The van der Waals surface area contributed by atoms with E-state index in [1.54, 1.807) is 0 Å². The topological polar surface area (TPSA) is 24.5 Å². The molecule has 1 fully saturated rings. The molecule has 0 spiro atoms. The summed E-state index contributed by atoms with van der Waals surface area (Å²) in [5.74, 6) is -1.01. The number of methoxy groups -OCH3 is 1. The lowest BCUT2D eigenvalue weighted by molar-refractivity contribution is 0.226. The number of piperazine rings is 1. The van der Waals surface area contributed by atoms with Gasteiger partial charge in [-0.25, -0.2) is 8.78 Å². The maximum Gasteiger partial charge on any atom is 0.172 e. The molecule has 5 heteroatoms. The molecule has 94 valence electrons. The number of hydrogen-bond donors (Lipinski definition) is 1. The Hall–Kier alpha value is -1.20. The second kappa shape index (κ2) is 5.42. The van der Waals surface area contributed by atoms with Crippen molar-refractivity contribution >= 4 is 0 Å². The van der Waals surface area contributed by atoms with Gasteiger partial charge in [0.1, 0.15) is 5.82 Å². The fourth-order valence-corrected chi connectivity index (χ4v) is 1.97. The lowest BCUT2D eigenvalue weighted by Crippen LogP contribution is -2.43. The van der Waals surface area contributed by atoms with Crippen molar-refractivity contribution in [2.45, 2.75) is 6.54 Å². The normalized spacial score (nSPS) is 17.1. The van der Waals surface area contributed by atoms with Gasteiger partial charge in [-0.2, -0.15) is 0 Å². The Morgan fingerprint density at radius 1 is 1.29 bits per heavy atom. The second-order valence-electron chi connectivity index (χ2n) is 4.07. The number of halogens is 2. The highest BCUT2D eigenvalue weighted by atomic mass is 19.1. The molecule has 0 aliphatic carbocycles. The van der Waals surface area contributed by atoms with Crippen LogP contribution in [0.5, 0.6) is 5.75 Å². The van der Waals surface area contributed by atoms with Crippen molar-refractivity contribution in [3.8, 4) is 5.75 Å². The Labute approximate surface area is 99.4 Å². The van der Waals surface area contributed by atoms with Gasteiger partial charge in [0.2, 0.25) is 0 Å². The first-order valence-corrected chi connectivity index (χ1v) is 5.66. The summed E-state index contributed by atoms with van der Waals surface area (Å²) in [6.45, 7) is 3.60. The quantitative estimate of drug-likeness (QED) is 0.866. The van der Waals surface area contributed by atoms with Gasteiger partial charge in [-0.1, -0.05) is 0 Å². The summed E-state index contributed by atoms with van der Waals surface area (Å²) in [5, 5.41) is 3.20. The van der Waals surface area contributed by atoms with Crippen LogP contribution < -0.4 is 10.1 Å². The molecular weight excluding hydrogens is 226 g/mol. The molecule has 0 amide bonds. The first kappa shape index (κ1) is 12.3. The van der Waals surface area contributed by atoms with Gasteiger partial charge in [-0.15, -0.1) is 0 Å². The Balaban J connectivity index is 2.18. The molecule has 1 N–H and O–H groups in total. The molecule has 3 nitrogen and oxygen atoms in total. The van der Waals surface area contributed by atoms with E-state index < -0.39 is 11.6 Å². The third-order valence-electron chi connectivity index (χ3n) is 2.96. The van der Waals surface area contributed by atoms with E-state index in [2.05, 4.69) is 5.32 Å². The summed E-state index contributed by atoms with van der Waals surface area (Å²) in [7, 11) is 1.38. The minimum absolute atomic E-state index is 0.0891. The second-order valence-corrected chi connectivity index (χ2v) is 4.07. The summed E-state index contributed by atoms with van der Waals surface area (Å²) in [6.07, 6.45) is 0. The van der Waals surface area contributed by atoms with Crippen LogP contribution in [-0.4, -0.2) is 38.2 Å². The van der Waals surface area contributed by atoms with Crippen LogP contribution in [0.25, 0.3) is 0 Å². The average Bonchev–Trinajstić information content (AvgIpc) is 2.36. The summed E-state index contributed by atoms with van der Waals surface area (Å²) >= 11 is 0. The fourth-order valence-electron chi connectivity index (χ4n) is 1.97. The van der Waals surface area contributed by atoms with Crippen LogP contribution in [0.4, 0.5) is 8.78 Å². The van der Waals surface area contributed by atoms with Crippen molar-refractivity contribution in [1.82, 2.24) is 10.2 Å². The molecule has 0 radical (unpaired) electrons. The van der Waals surface area contributed by atoms with E-state index in [0.29, 0.717) is 0 Å². The predicted molar refractivity (Wildman–Crippen MR) is 61.1 cm³/mol. The van der Waals surface area contributed by atoms with E-state index in [9.17, 15) is 8.78 Å². The zero-order valence-electron chi connectivity index (χ0n) is 9.80. The molecule has 1 aliphatic heterocycles. The van der Waals surface area contributed by atoms with Crippen LogP contribution in [0.2, 0.25) is 0 Å². The van der Waals surface area contributed by atoms with Gasteiger partial charge in [0.05, 0.1) is 7.11 Å². The molecule has 0 saturated carbocycles. The van der Waals surface area contributed by atoms with Crippen molar-refractivity contribution < 1.29 is 13.5 Å². The van der Waals surface area contributed by atoms with E-state index in [-0.39, 0.29) is 17.9 Å².